The number of ether oxygens (including phenoxy) is 1. The Morgan fingerprint density at radius 3 is 2.33 bits per heavy atom. The van der Waals surface area contributed by atoms with E-state index in [1.165, 1.54) is 12.3 Å². The summed E-state index contributed by atoms with van der Waals surface area (Å²) in [6, 6.07) is 15.4. The molecule has 3 aromatic rings. The number of phenols is 1. The third kappa shape index (κ3) is 2.81. The summed E-state index contributed by atoms with van der Waals surface area (Å²) in [5.41, 5.74) is 1.48. The maximum Gasteiger partial charge on any atom is 0.282 e. The van der Waals surface area contributed by atoms with Crippen LogP contribution in [0.1, 0.15) is 33.2 Å². The predicted octanol–water partition coefficient (Wildman–Crippen LogP) is 3.57. The standard InChI is InChI=1S/C21H16N2O4/c1-2-27-18-11-13(9-10-17(18)24)12-22-23-20(25)15-7-3-5-14-6-4-8-16(19(14)15)21(23)26/h3-12,24H,2H2,1H3/b22-12+. The van der Waals surface area contributed by atoms with Gasteiger partial charge < -0.3 is 9.84 Å². The number of benzene rings is 3. The minimum absolute atomic E-state index is 0.0136. The Hall–Kier alpha value is -3.67. The SMILES string of the molecule is CCOc1cc(/C=N/N2C(=O)c3cccc4cccc(c34)C2=O)ccc1O. The number of carbonyl (C=O) groups is 2. The van der Waals surface area contributed by atoms with Crippen LogP contribution < -0.4 is 4.74 Å². The molecule has 0 aromatic heterocycles. The van der Waals surface area contributed by atoms with Crippen LogP contribution in [0.15, 0.2) is 59.7 Å². The zero-order valence-electron chi connectivity index (χ0n) is 14.5. The van der Waals surface area contributed by atoms with E-state index in [0.717, 1.165) is 10.4 Å². The van der Waals surface area contributed by atoms with Crippen LogP contribution in [0.2, 0.25) is 0 Å². The number of nitrogens with zero attached hydrogens (tertiary/aromatic N) is 2. The van der Waals surface area contributed by atoms with Gasteiger partial charge in [0.2, 0.25) is 0 Å². The lowest BCUT2D eigenvalue weighted by molar-refractivity contribution is 0.0616. The minimum atomic E-state index is -0.468. The van der Waals surface area contributed by atoms with Crippen molar-refractivity contribution in [1.29, 1.82) is 0 Å². The van der Waals surface area contributed by atoms with Crippen molar-refractivity contribution in [3.05, 3.63) is 71.3 Å². The van der Waals surface area contributed by atoms with Crippen molar-refractivity contribution in [1.82, 2.24) is 5.01 Å². The summed E-state index contributed by atoms with van der Waals surface area (Å²) >= 11 is 0. The van der Waals surface area contributed by atoms with E-state index in [2.05, 4.69) is 5.10 Å². The molecular weight excluding hydrogens is 344 g/mol. The summed E-state index contributed by atoms with van der Waals surface area (Å²) in [7, 11) is 0. The van der Waals surface area contributed by atoms with E-state index in [0.29, 0.717) is 34.4 Å². The van der Waals surface area contributed by atoms with Crippen LogP contribution in [0, 0.1) is 0 Å². The maximum absolute atomic E-state index is 12.8. The second kappa shape index (κ2) is 6.57. The summed E-state index contributed by atoms with van der Waals surface area (Å²) in [5, 5.41) is 16.2. The van der Waals surface area contributed by atoms with Crippen molar-refractivity contribution in [2.45, 2.75) is 6.92 Å². The molecule has 6 heteroatoms. The summed E-state index contributed by atoms with van der Waals surface area (Å²) in [4.78, 5) is 25.6. The Labute approximate surface area is 155 Å². The van der Waals surface area contributed by atoms with Gasteiger partial charge in [0, 0.05) is 5.39 Å². The van der Waals surface area contributed by atoms with E-state index < -0.39 is 11.8 Å². The van der Waals surface area contributed by atoms with Crippen LogP contribution in [-0.4, -0.2) is 34.8 Å². The zero-order valence-corrected chi connectivity index (χ0v) is 14.5. The van der Waals surface area contributed by atoms with E-state index >= 15 is 0 Å². The number of aromatic hydroxyl groups is 1. The molecule has 1 aliphatic rings. The van der Waals surface area contributed by atoms with E-state index in [-0.39, 0.29) is 5.75 Å². The zero-order chi connectivity index (χ0) is 19.0. The van der Waals surface area contributed by atoms with E-state index in [1.807, 2.05) is 19.1 Å². The van der Waals surface area contributed by atoms with Crippen LogP contribution in [0.25, 0.3) is 10.8 Å². The number of rotatable bonds is 4. The van der Waals surface area contributed by atoms with Crippen LogP contribution in [-0.2, 0) is 0 Å². The quantitative estimate of drug-likeness (QED) is 0.570. The molecule has 134 valence electrons. The first-order valence-electron chi connectivity index (χ1n) is 8.50. The minimum Gasteiger partial charge on any atom is -0.504 e. The number of carbonyl (C=O) groups excluding carboxylic acids is 2. The summed E-state index contributed by atoms with van der Waals surface area (Å²) in [6.07, 6.45) is 1.39. The van der Waals surface area contributed by atoms with Crippen LogP contribution in [0.4, 0.5) is 0 Å². The number of hydrogen-bond acceptors (Lipinski definition) is 5. The largest absolute Gasteiger partial charge is 0.504 e. The van der Waals surface area contributed by atoms with Crippen LogP contribution in [0.5, 0.6) is 11.5 Å². The Morgan fingerprint density at radius 1 is 1.04 bits per heavy atom. The van der Waals surface area contributed by atoms with Gasteiger partial charge in [0.1, 0.15) is 0 Å². The molecule has 0 radical (unpaired) electrons. The van der Waals surface area contributed by atoms with Crippen molar-refractivity contribution < 1.29 is 19.4 Å². The molecule has 1 N–H and O–H groups in total. The fraction of sp³-hybridized carbons (Fsp3) is 0.0952. The lowest BCUT2D eigenvalue weighted by Gasteiger charge is -2.23. The van der Waals surface area contributed by atoms with Gasteiger partial charge in [-0.1, -0.05) is 24.3 Å². The summed E-state index contributed by atoms with van der Waals surface area (Å²) in [6.45, 7) is 2.21. The van der Waals surface area contributed by atoms with Crippen LogP contribution >= 0.6 is 0 Å². The van der Waals surface area contributed by atoms with Gasteiger partial charge in [-0.15, -0.1) is 0 Å². The van der Waals surface area contributed by atoms with Crippen molar-refractivity contribution in [3.63, 3.8) is 0 Å². The Bertz CT molecular complexity index is 1050. The van der Waals surface area contributed by atoms with Gasteiger partial charge in [-0.2, -0.15) is 10.1 Å². The van der Waals surface area contributed by atoms with Gasteiger partial charge >= 0.3 is 0 Å². The Balaban J connectivity index is 1.72. The Kier molecular flexibility index (Phi) is 4.08. The topological polar surface area (TPSA) is 79.2 Å². The second-order valence-corrected chi connectivity index (χ2v) is 6.04. The molecule has 0 aliphatic carbocycles. The maximum atomic E-state index is 12.8. The molecule has 0 unspecified atom stereocenters. The molecule has 4 rings (SSSR count). The summed E-state index contributed by atoms with van der Waals surface area (Å²) in [5.74, 6) is -0.610. The van der Waals surface area contributed by atoms with Gasteiger partial charge in [0.05, 0.1) is 23.9 Å². The lowest BCUT2D eigenvalue weighted by Crippen LogP contribution is -2.36. The van der Waals surface area contributed by atoms with Gasteiger partial charge in [-0.3, -0.25) is 9.59 Å². The van der Waals surface area contributed by atoms with Gasteiger partial charge in [-0.25, -0.2) is 0 Å². The second-order valence-electron chi connectivity index (χ2n) is 6.04. The molecule has 27 heavy (non-hydrogen) atoms. The average Bonchev–Trinajstić information content (AvgIpc) is 2.68. The molecule has 0 fully saturated rings. The summed E-state index contributed by atoms with van der Waals surface area (Å²) < 4.78 is 5.34. The molecule has 0 saturated carbocycles. The highest BCUT2D eigenvalue weighted by atomic mass is 16.5. The molecular formula is C21H16N2O4. The molecule has 0 bridgehead atoms. The Morgan fingerprint density at radius 2 is 1.70 bits per heavy atom. The molecule has 1 heterocycles. The fourth-order valence-corrected chi connectivity index (χ4v) is 3.13. The first-order chi connectivity index (χ1) is 13.1. The molecule has 1 aliphatic heterocycles. The first-order valence-corrected chi connectivity index (χ1v) is 8.50. The van der Waals surface area contributed by atoms with E-state index in [9.17, 15) is 14.7 Å². The van der Waals surface area contributed by atoms with Crippen LogP contribution in [0.3, 0.4) is 0 Å². The third-order valence-corrected chi connectivity index (χ3v) is 4.36. The fourth-order valence-electron chi connectivity index (χ4n) is 3.13. The smallest absolute Gasteiger partial charge is 0.282 e. The lowest BCUT2D eigenvalue weighted by atomic mass is 9.95. The molecule has 0 spiro atoms. The van der Waals surface area contributed by atoms with Gasteiger partial charge in [-0.05, 0) is 48.2 Å². The normalized spacial score (nSPS) is 13.6. The average molecular weight is 360 g/mol. The number of phenolic OH excluding ortho intramolecular Hbond substituents is 1. The number of amides is 2. The molecule has 0 saturated heterocycles. The highest BCUT2D eigenvalue weighted by molar-refractivity contribution is 6.25. The molecule has 2 amide bonds. The van der Waals surface area contributed by atoms with Crippen molar-refractivity contribution >= 4 is 28.8 Å². The predicted molar refractivity (Wildman–Crippen MR) is 101 cm³/mol. The highest BCUT2D eigenvalue weighted by Gasteiger charge is 2.32. The van der Waals surface area contributed by atoms with E-state index in [1.54, 1.807) is 36.4 Å². The first kappa shape index (κ1) is 16.8. The van der Waals surface area contributed by atoms with Gasteiger partial charge in [0.25, 0.3) is 11.8 Å². The number of imide groups is 1. The monoisotopic (exact) mass is 360 g/mol. The third-order valence-electron chi connectivity index (χ3n) is 4.36. The number of hydrazone groups is 1. The van der Waals surface area contributed by atoms with Gasteiger partial charge in [0.15, 0.2) is 11.5 Å². The van der Waals surface area contributed by atoms with Crippen molar-refractivity contribution in [2.24, 2.45) is 5.10 Å². The van der Waals surface area contributed by atoms with Crippen molar-refractivity contribution in [3.8, 4) is 11.5 Å². The molecule has 0 atom stereocenters. The van der Waals surface area contributed by atoms with E-state index in [4.69, 9.17) is 4.74 Å². The number of hydrogen-bond donors (Lipinski definition) is 1. The molecule has 3 aromatic carbocycles. The molecule has 6 nitrogen and oxygen atoms in total. The van der Waals surface area contributed by atoms with Crippen molar-refractivity contribution in [2.75, 3.05) is 6.61 Å². The highest BCUT2D eigenvalue weighted by Crippen LogP contribution is 2.30.